The number of para-hydroxylation sites is 1. The predicted molar refractivity (Wildman–Crippen MR) is 197 cm³/mol. The molecule has 8 rings (SSSR count). The van der Waals surface area contributed by atoms with Gasteiger partial charge in [-0.2, -0.15) is 0 Å². The molecular weight excluding hydrogens is 681 g/mol. The van der Waals surface area contributed by atoms with Crippen molar-refractivity contribution >= 4 is 63.6 Å². The number of Topliss-reactive ketones (excluding diaryl/α,β-unsaturated/α-hetero) is 1. The second kappa shape index (κ2) is 12.2. The van der Waals surface area contributed by atoms with Crippen LogP contribution in [0.3, 0.4) is 0 Å². The Hall–Kier alpha value is -5.30. The van der Waals surface area contributed by atoms with Crippen molar-refractivity contribution in [3.8, 4) is 0 Å². The van der Waals surface area contributed by atoms with Crippen LogP contribution in [-0.4, -0.2) is 29.7 Å². The summed E-state index contributed by atoms with van der Waals surface area (Å²) in [6.45, 7) is 3.46. The van der Waals surface area contributed by atoms with E-state index in [1.807, 2.05) is 60.7 Å². The van der Waals surface area contributed by atoms with Gasteiger partial charge in [0.05, 0.1) is 40.0 Å². The van der Waals surface area contributed by atoms with Crippen molar-refractivity contribution in [3.05, 3.63) is 171 Å². The van der Waals surface area contributed by atoms with Crippen LogP contribution in [0.4, 0.5) is 5.69 Å². The fraction of sp³-hybridized carbons (Fsp3) is 0.163. The highest BCUT2D eigenvalue weighted by Gasteiger charge is 2.82. The van der Waals surface area contributed by atoms with Gasteiger partial charge in [-0.3, -0.25) is 14.4 Å². The number of allylic oxidation sites excluding steroid dienone is 2. The minimum atomic E-state index is -1.63. The van der Waals surface area contributed by atoms with E-state index in [0.717, 1.165) is 16.0 Å². The molecule has 2 aliphatic carbocycles. The van der Waals surface area contributed by atoms with E-state index in [1.54, 1.807) is 86.6 Å². The Morgan fingerprint density at radius 1 is 0.608 bits per heavy atom. The molecule has 6 nitrogen and oxygen atoms in total. The molecule has 3 aliphatic rings. The van der Waals surface area contributed by atoms with Crippen LogP contribution in [0.2, 0.25) is 10.0 Å². The summed E-state index contributed by atoms with van der Waals surface area (Å²) in [5.74, 6) is -4.44. The number of ether oxygens (including phenoxy) is 1. The van der Waals surface area contributed by atoms with Crippen LogP contribution in [0.1, 0.15) is 46.5 Å². The third kappa shape index (κ3) is 4.56. The SMILES string of the molecule is CC(C)OC(=O)c1ccccc1N1C(=O)[C@@H]2[C@@H](C1=O)[C@@]1(c3ccc(Cl)cc3)C(=O)[C@@]2(c2ccc(Cl)cc2)C(c2ccccc2)=C1c1ccccc1. The molecule has 2 fully saturated rings. The minimum absolute atomic E-state index is 0.0761. The molecule has 2 bridgehead atoms. The van der Waals surface area contributed by atoms with Crippen LogP contribution in [0.5, 0.6) is 0 Å². The normalized spacial score (nSPS) is 23.7. The summed E-state index contributed by atoms with van der Waals surface area (Å²) in [4.78, 5) is 61.3. The Labute approximate surface area is 305 Å². The molecule has 51 heavy (non-hydrogen) atoms. The summed E-state index contributed by atoms with van der Waals surface area (Å²) in [5.41, 5.74) is 0.800. The van der Waals surface area contributed by atoms with Gasteiger partial charge in [-0.15, -0.1) is 0 Å². The Bertz CT molecular complexity index is 2140. The topological polar surface area (TPSA) is 80.8 Å². The molecule has 5 aromatic rings. The summed E-state index contributed by atoms with van der Waals surface area (Å²) in [5, 5.41) is 0.918. The highest BCUT2D eigenvalue weighted by Crippen LogP contribution is 2.74. The first-order valence-corrected chi connectivity index (χ1v) is 17.5. The number of nitrogens with zero attached hydrogens (tertiary/aromatic N) is 1. The highest BCUT2D eigenvalue weighted by molar-refractivity contribution is 6.39. The van der Waals surface area contributed by atoms with E-state index in [4.69, 9.17) is 27.9 Å². The van der Waals surface area contributed by atoms with Crippen LogP contribution in [-0.2, 0) is 30.0 Å². The Kier molecular flexibility index (Phi) is 7.86. The largest absolute Gasteiger partial charge is 0.459 e. The highest BCUT2D eigenvalue weighted by atomic mass is 35.5. The maximum Gasteiger partial charge on any atom is 0.340 e. The number of rotatable bonds is 7. The lowest BCUT2D eigenvalue weighted by Crippen LogP contribution is -2.46. The minimum Gasteiger partial charge on any atom is -0.459 e. The van der Waals surface area contributed by atoms with Gasteiger partial charge in [0.2, 0.25) is 11.8 Å². The first-order valence-electron chi connectivity index (χ1n) is 16.7. The number of ketones is 1. The molecule has 0 N–H and O–H groups in total. The van der Waals surface area contributed by atoms with Crippen molar-refractivity contribution in [1.29, 1.82) is 0 Å². The summed E-state index contributed by atoms with van der Waals surface area (Å²) in [6, 6.07) is 39.5. The summed E-state index contributed by atoms with van der Waals surface area (Å²) >= 11 is 12.9. The predicted octanol–water partition coefficient (Wildman–Crippen LogP) is 8.75. The van der Waals surface area contributed by atoms with Gasteiger partial charge >= 0.3 is 5.97 Å². The summed E-state index contributed by atoms with van der Waals surface area (Å²) < 4.78 is 5.55. The smallest absolute Gasteiger partial charge is 0.340 e. The average Bonchev–Trinajstić information content (AvgIpc) is 3.64. The monoisotopic (exact) mass is 711 g/mol. The van der Waals surface area contributed by atoms with E-state index < -0.39 is 46.6 Å². The molecule has 5 aromatic carbocycles. The van der Waals surface area contributed by atoms with Crippen molar-refractivity contribution in [2.24, 2.45) is 11.8 Å². The van der Waals surface area contributed by atoms with E-state index in [9.17, 15) is 4.79 Å². The molecule has 1 heterocycles. The first kappa shape index (κ1) is 32.9. The summed E-state index contributed by atoms with van der Waals surface area (Å²) in [7, 11) is 0. The number of amides is 2. The van der Waals surface area contributed by atoms with E-state index >= 15 is 14.4 Å². The molecule has 0 radical (unpaired) electrons. The second-order valence-corrected chi connectivity index (χ2v) is 14.3. The molecule has 1 aliphatic heterocycles. The number of anilines is 1. The molecule has 0 unspecified atom stereocenters. The maximum atomic E-state index is 16.1. The maximum absolute atomic E-state index is 16.1. The zero-order valence-electron chi connectivity index (χ0n) is 27.7. The molecule has 4 atom stereocenters. The van der Waals surface area contributed by atoms with Gasteiger partial charge in [-0.05, 0) is 83.6 Å². The number of hydrogen-bond donors (Lipinski definition) is 0. The van der Waals surface area contributed by atoms with Crippen LogP contribution in [0, 0.1) is 11.8 Å². The van der Waals surface area contributed by atoms with Gasteiger partial charge < -0.3 is 4.74 Å². The first-order chi connectivity index (χ1) is 24.6. The zero-order valence-corrected chi connectivity index (χ0v) is 29.2. The van der Waals surface area contributed by atoms with Crippen molar-refractivity contribution in [2.75, 3.05) is 4.90 Å². The van der Waals surface area contributed by atoms with Crippen molar-refractivity contribution in [3.63, 3.8) is 0 Å². The lowest BCUT2D eigenvalue weighted by Gasteiger charge is -2.39. The Morgan fingerprint density at radius 2 is 1.02 bits per heavy atom. The summed E-state index contributed by atoms with van der Waals surface area (Å²) in [6.07, 6.45) is -0.434. The number of halogens is 2. The van der Waals surface area contributed by atoms with E-state index in [2.05, 4.69) is 0 Å². The van der Waals surface area contributed by atoms with Crippen molar-refractivity contribution in [2.45, 2.75) is 30.8 Å². The van der Waals surface area contributed by atoms with Gasteiger partial charge in [-0.1, -0.05) is 120 Å². The van der Waals surface area contributed by atoms with Gasteiger partial charge in [-0.25, -0.2) is 9.69 Å². The number of carbonyl (C=O) groups is 4. The number of hydrogen-bond acceptors (Lipinski definition) is 5. The van der Waals surface area contributed by atoms with Crippen molar-refractivity contribution < 1.29 is 23.9 Å². The van der Waals surface area contributed by atoms with Crippen LogP contribution >= 0.6 is 23.2 Å². The van der Waals surface area contributed by atoms with Crippen LogP contribution in [0.25, 0.3) is 11.1 Å². The number of fused-ring (bicyclic) bond motifs is 5. The fourth-order valence-corrected chi connectivity index (χ4v) is 8.97. The average molecular weight is 713 g/mol. The molecule has 1 saturated carbocycles. The van der Waals surface area contributed by atoms with Crippen LogP contribution in [0.15, 0.2) is 133 Å². The molecule has 2 amide bonds. The number of imide groups is 1. The Morgan fingerprint density at radius 3 is 1.45 bits per heavy atom. The van der Waals surface area contributed by atoms with Crippen LogP contribution < -0.4 is 4.90 Å². The van der Waals surface area contributed by atoms with Gasteiger partial charge in [0, 0.05) is 10.0 Å². The van der Waals surface area contributed by atoms with Gasteiger partial charge in [0.25, 0.3) is 0 Å². The zero-order chi connectivity index (χ0) is 35.7. The molecule has 0 spiro atoms. The van der Waals surface area contributed by atoms with E-state index in [1.165, 1.54) is 0 Å². The standard InChI is InChI=1S/C43H31Cl2NO5/c1-25(2)51-40(49)32-15-9-10-16-33(32)46-38(47)36-37(39(46)48)43(29-19-23-31(45)24-20-29)35(27-13-7-4-8-14-27)34(26-11-5-3-6-12-26)42(36,41(43)50)28-17-21-30(44)22-18-28/h3-25,36-37H,1-2H3/t36-,37-,42-,43-/m0/s1. The second-order valence-electron chi connectivity index (χ2n) is 13.4. The lowest BCUT2D eigenvalue weighted by atomic mass is 9.59. The molecule has 252 valence electrons. The number of esters is 1. The number of benzene rings is 5. The number of carbonyl (C=O) groups excluding carboxylic acids is 4. The Balaban J connectivity index is 1.51. The quantitative estimate of drug-likeness (QED) is 0.125. The van der Waals surface area contributed by atoms with E-state index in [0.29, 0.717) is 32.3 Å². The molecule has 1 saturated heterocycles. The van der Waals surface area contributed by atoms with Crippen molar-refractivity contribution in [1.82, 2.24) is 0 Å². The lowest BCUT2D eigenvalue weighted by molar-refractivity contribution is -0.130. The van der Waals surface area contributed by atoms with E-state index in [-0.39, 0.29) is 17.0 Å². The molecule has 0 aromatic heterocycles. The fourth-order valence-electron chi connectivity index (χ4n) is 8.71. The molecule has 8 heteroatoms. The molecular formula is C43H31Cl2NO5. The van der Waals surface area contributed by atoms with Gasteiger partial charge in [0.15, 0.2) is 5.78 Å². The third-order valence-corrected chi connectivity index (χ3v) is 10.9. The third-order valence-electron chi connectivity index (χ3n) is 10.4. The van der Waals surface area contributed by atoms with Gasteiger partial charge in [0.1, 0.15) is 0 Å².